The van der Waals surface area contributed by atoms with Crippen LogP contribution in [0.15, 0.2) is 54.9 Å². The normalized spacial score (nSPS) is 12.5. The Morgan fingerprint density at radius 3 is 2.03 bits per heavy atom. The van der Waals surface area contributed by atoms with E-state index < -0.39 is 0 Å². The number of nitrogens with zero attached hydrogens (tertiary/aromatic N) is 5. The first-order valence-electron chi connectivity index (χ1n) is 9.93. The summed E-state index contributed by atoms with van der Waals surface area (Å²) in [5, 5.41) is 0. The van der Waals surface area contributed by atoms with Crippen molar-refractivity contribution in [3.8, 4) is 17.1 Å². The number of hydrogen-bond donors (Lipinski definition) is 0. The van der Waals surface area contributed by atoms with Gasteiger partial charge in [-0.2, -0.15) is 0 Å². The largest absolute Gasteiger partial charge is 0.299 e. The van der Waals surface area contributed by atoms with Crippen molar-refractivity contribution >= 4 is 11.0 Å². The molecule has 2 aromatic carbocycles. The zero-order valence-corrected chi connectivity index (χ0v) is 17.9. The highest BCUT2D eigenvalue weighted by Gasteiger charge is 2.25. The minimum atomic E-state index is -0.157. The lowest BCUT2D eigenvalue weighted by Gasteiger charge is -2.22. The predicted molar refractivity (Wildman–Crippen MR) is 117 cm³/mol. The molecule has 0 aliphatic carbocycles. The number of benzene rings is 2. The van der Waals surface area contributed by atoms with Crippen LogP contribution in [0.25, 0.3) is 28.1 Å². The van der Waals surface area contributed by atoms with E-state index in [1.165, 1.54) is 0 Å². The number of imidazole rings is 1. The van der Waals surface area contributed by atoms with E-state index in [2.05, 4.69) is 75.4 Å². The van der Waals surface area contributed by atoms with Gasteiger partial charge in [0, 0.05) is 22.1 Å². The molecule has 0 N–H and O–H groups in total. The summed E-state index contributed by atoms with van der Waals surface area (Å²) in [4.78, 5) is 18.9. The highest BCUT2D eigenvalue weighted by Crippen LogP contribution is 2.28. The summed E-state index contributed by atoms with van der Waals surface area (Å²) in [6, 6.07) is 16.4. The maximum atomic E-state index is 4.83. The maximum absolute atomic E-state index is 4.83. The van der Waals surface area contributed by atoms with Gasteiger partial charge in [-0.25, -0.2) is 19.9 Å². The molecular formula is C24H27N5. The molecule has 0 radical (unpaired) electrons. The van der Waals surface area contributed by atoms with Crippen molar-refractivity contribution in [3.63, 3.8) is 0 Å². The quantitative estimate of drug-likeness (QED) is 0.459. The fraction of sp³-hybridized carbons (Fsp3) is 0.333. The van der Waals surface area contributed by atoms with Crippen LogP contribution < -0.4 is 0 Å². The molecule has 2 aromatic heterocycles. The first-order chi connectivity index (χ1) is 13.6. The Hall–Kier alpha value is -3.08. The highest BCUT2D eigenvalue weighted by atomic mass is 15.1. The van der Waals surface area contributed by atoms with Crippen molar-refractivity contribution in [1.82, 2.24) is 24.5 Å². The number of hydrogen-bond acceptors (Lipinski definition) is 4. The summed E-state index contributed by atoms with van der Waals surface area (Å²) >= 11 is 0. The number of para-hydroxylation sites is 2. The lowest BCUT2D eigenvalue weighted by molar-refractivity contribution is 0.497. The Kier molecular flexibility index (Phi) is 4.49. The molecule has 0 aliphatic heterocycles. The Bertz CT molecular complexity index is 1140. The van der Waals surface area contributed by atoms with Gasteiger partial charge in [-0.05, 0) is 24.3 Å². The third-order valence-electron chi connectivity index (χ3n) is 4.81. The fourth-order valence-corrected chi connectivity index (χ4v) is 3.14. The van der Waals surface area contributed by atoms with Gasteiger partial charge < -0.3 is 0 Å². The van der Waals surface area contributed by atoms with Gasteiger partial charge in [-0.1, -0.05) is 65.8 Å². The van der Waals surface area contributed by atoms with E-state index in [1.807, 2.05) is 30.6 Å². The second-order valence-corrected chi connectivity index (χ2v) is 9.46. The van der Waals surface area contributed by atoms with Crippen LogP contribution in [0.2, 0.25) is 0 Å². The van der Waals surface area contributed by atoms with Crippen molar-refractivity contribution in [1.29, 1.82) is 0 Å². The van der Waals surface area contributed by atoms with Crippen molar-refractivity contribution < 1.29 is 0 Å². The number of fused-ring (bicyclic) bond motifs is 1. The van der Waals surface area contributed by atoms with Crippen LogP contribution in [0.4, 0.5) is 0 Å². The van der Waals surface area contributed by atoms with E-state index in [4.69, 9.17) is 15.0 Å². The molecule has 0 saturated carbocycles. The monoisotopic (exact) mass is 385 g/mol. The van der Waals surface area contributed by atoms with Crippen LogP contribution in [0.1, 0.15) is 53.2 Å². The second-order valence-electron chi connectivity index (χ2n) is 9.46. The van der Waals surface area contributed by atoms with Crippen LogP contribution in [-0.4, -0.2) is 24.5 Å². The van der Waals surface area contributed by atoms with E-state index in [1.54, 1.807) is 0 Å². The molecule has 0 unspecified atom stereocenters. The van der Waals surface area contributed by atoms with Gasteiger partial charge in [0.05, 0.1) is 11.0 Å². The van der Waals surface area contributed by atoms with Gasteiger partial charge in [0.25, 0.3) is 0 Å². The number of rotatable bonds is 2. The molecular weight excluding hydrogens is 358 g/mol. The van der Waals surface area contributed by atoms with Crippen LogP contribution in [0.5, 0.6) is 0 Å². The van der Waals surface area contributed by atoms with E-state index in [9.17, 15) is 0 Å². The SMILES string of the molecule is CC(C)(C)c1nc(-c2cccc(-n3cnc4ccccc43)c2)nc(C(C)(C)C)n1. The molecule has 0 bridgehead atoms. The van der Waals surface area contributed by atoms with Crippen molar-refractivity contribution in [2.75, 3.05) is 0 Å². The summed E-state index contributed by atoms with van der Waals surface area (Å²) in [6.07, 6.45) is 1.86. The van der Waals surface area contributed by atoms with Crippen molar-refractivity contribution in [3.05, 3.63) is 66.5 Å². The molecule has 148 valence electrons. The molecule has 4 aromatic rings. The maximum Gasteiger partial charge on any atom is 0.163 e. The zero-order valence-electron chi connectivity index (χ0n) is 17.9. The molecule has 5 nitrogen and oxygen atoms in total. The van der Waals surface area contributed by atoms with Gasteiger partial charge in [0.15, 0.2) is 5.82 Å². The average Bonchev–Trinajstić information content (AvgIpc) is 3.10. The molecule has 2 heterocycles. The Morgan fingerprint density at radius 1 is 0.724 bits per heavy atom. The van der Waals surface area contributed by atoms with E-state index >= 15 is 0 Å². The summed E-state index contributed by atoms with van der Waals surface area (Å²) in [5.41, 5.74) is 3.74. The van der Waals surface area contributed by atoms with Crippen LogP contribution in [0.3, 0.4) is 0 Å². The van der Waals surface area contributed by atoms with E-state index in [-0.39, 0.29) is 10.8 Å². The highest BCUT2D eigenvalue weighted by molar-refractivity contribution is 5.77. The first-order valence-corrected chi connectivity index (χ1v) is 9.93. The Balaban J connectivity index is 1.87. The minimum Gasteiger partial charge on any atom is -0.299 e. The van der Waals surface area contributed by atoms with Gasteiger partial charge in [0.1, 0.15) is 18.0 Å². The summed E-state index contributed by atoms with van der Waals surface area (Å²) in [5.74, 6) is 2.33. The van der Waals surface area contributed by atoms with Crippen LogP contribution in [0, 0.1) is 0 Å². The summed E-state index contributed by atoms with van der Waals surface area (Å²) in [6.45, 7) is 12.8. The van der Waals surface area contributed by atoms with Gasteiger partial charge in [0.2, 0.25) is 0 Å². The zero-order chi connectivity index (χ0) is 20.8. The van der Waals surface area contributed by atoms with Crippen LogP contribution in [-0.2, 0) is 10.8 Å². The average molecular weight is 386 g/mol. The van der Waals surface area contributed by atoms with E-state index in [0.29, 0.717) is 5.82 Å². The molecule has 0 amide bonds. The molecule has 0 spiro atoms. The molecule has 4 rings (SSSR count). The molecule has 0 fully saturated rings. The fourth-order valence-electron chi connectivity index (χ4n) is 3.14. The molecule has 5 heteroatoms. The summed E-state index contributed by atoms with van der Waals surface area (Å²) < 4.78 is 2.09. The third-order valence-corrected chi connectivity index (χ3v) is 4.81. The Labute approximate surface area is 171 Å². The topological polar surface area (TPSA) is 56.5 Å². The predicted octanol–water partition coefficient (Wildman–Crippen LogP) is 5.47. The van der Waals surface area contributed by atoms with Crippen LogP contribution >= 0.6 is 0 Å². The lowest BCUT2D eigenvalue weighted by Crippen LogP contribution is -2.24. The molecule has 0 aliphatic rings. The second kappa shape index (κ2) is 6.76. The molecule has 0 saturated heterocycles. The van der Waals surface area contributed by atoms with E-state index in [0.717, 1.165) is 33.9 Å². The molecule has 29 heavy (non-hydrogen) atoms. The third kappa shape index (κ3) is 3.77. The van der Waals surface area contributed by atoms with Gasteiger partial charge in [-0.3, -0.25) is 4.57 Å². The smallest absolute Gasteiger partial charge is 0.163 e. The minimum absolute atomic E-state index is 0.157. The van der Waals surface area contributed by atoms with Gasteiger partial charge >= 0.3 is 0 Å². The van der Waals surface area contributed by atoms with Gasteiger partial charge in [-0.15, -0.1) is 0 Å². The first kappa shape index (κ1) is 19.2. The molecule has 0 atom stereocenters. The lowest BCUT2D eigenvalue weighted by atomic mass is 9.93. The van der Waals surface area contributed by atoms with Crippen molar-refractivity contribution in [2.24, 2.45) is 0 Å². The number of aromatic nitrogens is 5. The standard InChI is InChI=1S/C24H27N5/c1-23(2,3)21-26-20(27-22(28-21)24(4,5)6)16-10-9-11-17(14-16)29-15-25-18-12-7-8-13-19(18)29/h7-15H,1-6H3. The van der Waals surface area contributed by atoms with Crippen molar-refractivity contribution in [2.45, 2.75) is 52.4 Å². The summed E-state index contributed by atoms with van der Waals surface area (Å²) in [7, 11) is 0. The Morgan fingerprint density at radius 2 is 1.38 bits per heavy atom.